The molecule has 0 fully saturated rings. The number of carbonyl (C=O) groups excluding carboxylic acids is 2. The lowest BCUT2D eigenvalue weighted by atomic mass is 9.58. The lowest BCUT2D eigenvalue weighted by molar-refractivity contribution is -0.180. The maximum Gasteiger partial charge on any atom is 0.251 e. The quantitative estimate of drug-likeness (QED) is 0.496. The molecule has 1 heterocycles. The summed E-state index contributed by atoms with van der Waals surface area (Å²) in [6, 6.07) is 13.5. The normalized spacial score (nSPS) is 28.5. The van der Waals surface area contributed by atoms with Gasteiger partial charge in [-0.05, 0) is 71.9 Å². The summed E-state index contributed by atoms with van der Waals surface area (Å²) >= 11 is 3.48. The zero-order chi connectivity index (χ0) is 24.7. The van der Waals surface area contributed by atoms with Crippen LogP contribution in [0.5, 0.6) is 5.75 Å². The van der Waals surface area contributed by atoms with Crippen LogP contribution in [0.4, 0.5) is 0 Å². The molecule has 1 amide bonds. The molecule has 0 radical (unpaired) electrons. The van der Waals surface area contributed by atoms with Gasteiger partial charge in [-0.2, -0.15) is 0 Å². The number of rotatable bonds is 6. The van der Waals surface area contributed by atoms with Crippen molar-refractivity contribution in [1.29, 1.82) is 0 Å². The maximum absolute atomic E-state index is 13.1. The third-order valence-corrected chi connectivity index (χ3v) is 8.28. The SMILES string of the molecule is CCC1C=C2C(=O)C=CC3(OC)Oc4ccc(C(=O)NCc5cccc(Br)c5)cc4C(C1CC)C23. The maximum atomic E-state index is 13.1. The molecule has 2 aromatic rings. The van der Waals surface area contributed by atoms with Gasteiger partial charge in [-0.3, -0.25) is 9.59 Å². The van der Waals surface area contributed by atoms with Gasteiger partial charge in [0.25, 0.3) is 5.91 Å². The molecule has 3 aliphatic rings. The second kappa shape index (κ2) is 9.40. The van der Waals surface area contributed by atoms with Gasteiger partial charge in [0.05, 0.1) is 5.92 Å². The number of fused-ring (bicyclic) bond motifs is 2. The van der Waals surface area contributed by atoms with E-state index in [1.165, 1.54) is 0 Å². The molecule has 5 nitrogen and oxygen atoms in total. The first kappa shape index (κ1) is 24.0. The van der Waals surface area contributed by atoms with Crippen molar-refractivity contribution in [3.8, 4) is 5.75 Å². The highest BCUT2D eigenvalue weighted by Crippen LogP contribution is 2.58. The van der Waals surface area contributed by atoms with Gasteiger partial charge in [-0.15, -0.1) is 0 Å². The van der Waals surface area contributed by atoms with Gasteiger partial charge < -0.3 is 14.8 Å². The average molecular weight is 536 g/mol. The Bertz CT molecular complexity index is 1230. The van der Waals surface area contributed by atoms with Crippen LogP contribution in [0.25, 0.3) is 0 Å². The topological polar surface area (TPSA) is 64.6 Å². The summed E-state index contributed by atoms with van der Waals surface area (Å²) in [6.07, 6.45) is 7.41. The summed E-state index contributed by atoms with van der Waals surface area (Å²) in [4.78, 5) is 26.1. The van der Waals surface area contributed by atoms with Crippen molar-refractivity contribution < 1.29 is 19.1 Å². The first-order valence-electron chi connectivity index (χ1n) is 12.3. The largest absolute Gasteiger partial charge is 0.458 e. The van der Waals surface area contributed by atoms with Gasteiger partial charge in [-0.1, -0.05) is 54.4 Å². The molecule has 6 heteroatoms. The van der Waals surface area contributed by atoms with E-state index in [9.17, 15) is 9.59 Å². The van der Waals surface area contributed by atoms with Gasteiger partial charge in [-0.25, -0.2) is 0 Å². The fourth-order valence-corrected chi connectivity index (χ4v) is 6.57. The van der Waals surface area contributed by atoms with Gasteiger partial charge in [0.2, 0.25) is 5.79 Å². The van der Waals surface area contributed by atoms with E-state index in [4.69, 9.17) is 9.47 Å². The third kappa shape index (κ3) is 4.07. The number of ether oxygens (including phenoxy) is 2. The number of hydrogen-bond acceptors (Lipinski definition) is 4. The number of amides is 1. The minimum Gasteiger partial charge on any atom is -0.458 e. The van der Waals surface area contributed by atoms with Crippen molar-refractivity contribution in [2.24, 2.45) is 17.8 Å². The van der Waals surface area contributed by atoms with Crippen molar-refractivity contribution in [1.82, 2.24) is 5.32 Å². The van der Waals surface area contributed by atoms with Gasteiger partial charge in [0.15, 0.2) is 5.78 Å². The fraction of sp³-hybridized carbons (Fsp3) is 0.379. The summed E-state index contributed by atoms with van der Waals surface area (Å²) in [5.41, 5.74) is 3.36. The number of ketones is 1. The first-order chi connectivity index (χ1) is 16.9. The Morgan fingerprint density at radius 3 is 2.71 bits per heavy atom. The second-order valence-corrected chi connectivity index (χ2v) is 10.5. The summed E-state index contributed by atoms with van der Waals surface area (Å²) < 4.78 is 13.4. The molecule has 5 unspecified atom stereocenters. The number of halogens is 1. The number of benzene rings is 2. The van der Waals surface area contributed by atoms with Crippen LogP contribution < -0.4 is 10.1 Å². The molecule has 0 saturated carbocycles. The van der Waals surface area contributed by atoms with Gasteiger partial charge in [0, 0.05) is 35.2 Å². The molecule has 5 atom stereocenters. The Morgan fingerprint density at radius 1 is 1.17 bits per heavy atom. The average Bonchev–Trinajstić information content (AvgIpc) is 2.88. The van der Waals surface area contributed by atoms with Crippen LogP contribution in [0.3, 0.4) is 0 Å². The highest BCUT2D eigenvalue weighted by Gasteiger charge is 2.58. The van der Waals surface area contributed by atoms with Crippen molar-refractivity contribution in [2.75, 3.05) is 7.11 Å². The van der Waals surface area contributed by atoms with Crippen molar-refractivity contribution >= 4 is 27.6 Å². The van der Waals surface area contributed by atoms with Crippen LogP contribution in [0.1, 0.15) is 54.1 Å². The molecule has 2 aromatic carbocycles. The van der Waals surface area contributed by atoms with Crippen molar-refractivity contribution in [2.45, 2.75) is 44.9 Å². The van der Waals surface area contributed by atoms with E-state index in [-0.39, 0.29) is 29.4 Å². The van der Waals surface area contributed by atoms with Crippen LogP contribution in [0.15, 0.2) is 70.7 Å². The summed E-state index contributed by atoms with van der Waals surface area (Å²) in [5, 5.41) is 3.03. The van der Waals surface area contributed by atoms with Gasteiger partial charge in [0.1, 0.15) is 5.75 Å². The summed E-state index contributed by atoms with van der Waals surface area (Å²) in [6.45, 7) is 4.81. The van der Waals surface area contributed by atoms with Gasteiger partial charge >= 0.3 is 0 Å². The molecule has 5 rings (SSSR count). The highest BCUT2D eigenvalue weighted by atomic mass is 79.9. The smallest absolute Gasteiger partial charge is 0.251 e. The molecule has 35 heavy (non-hydrogen) atoms. The van der Waals surface area contributed by atoms with Crippen molar-refractivity contribution in [3.63, 3.8) is 0 Å². The zero-order valence-electron chi connectivity index (χ0n) is 20.2. The number of nitrogens with one attached hydrogen (secondary N) is 1. The van der Waals surface area contributed by atoms with Crippen LogP contribution in [-0.2, 0) is 16.1 Å². The predicted octanol–water partition coefficient (Wildman–Crippen LogP) is 5.95. The van der Waals surface area contributed by atoms with E-state index in [1.54, 1.807) is 25.3 Å². The monoisotopic (exact) mass is 535 g/mol. The van der Waals surface area contributed by atoms with E-state index in [0.29, 0.717) is 23.8 Å². The molecule has 0 spiro atoms. The molecule has 182 valence electrons. The summed E-state index contributed by atoms with van der Waals surface area (Å²) in [7, 11) is 1.64. The van der Waals surface area contributed by atoms with E-state index < -0.39 is 5.79 Å². The molecule has 1 aliphatic heterocycles. The fourth-order valence-electron chi connectivity index (χ4n) is 6.13. The molecular weight excluding hydrogens is 506 g/mol. The Labute approximate surface area is 214 Å². The third-order valence-electron chi connectivity index (χ3n) is 7.79. The molecule has 0 saturated heterocycles. The van der Waals surface area contributed by atoms with E-state index in [1.807, 2.05) is 36.4 Å². The Morgan fingerprint density at radius 2 is 2.00 bits per heavy atom. The lowest BCUT2D eigenvalue weighted by Gasteiger charge is -2.53. The Balaban J connectivity index is 1.54. The molecular formula is C29H30BrNO4. The van der Waals surface area contributed by atoms with Crippen LogP contribution in [0, 0.1) is 17.8 Å². The van der Waals surface area contributed by atoms with Crippen molar-refractivity contribution in [3.05, 3.63) is 87.4 Å². The van der Waals surface area contributed by atoms with E-state index in [2.05, 4.69) is 41.2 Å². The van der Waals surface area contributed by atoms with Crippen LogP contribution >= 0.6 is 15.9 Å². The molecule has 0 aromatic heterocycles. The molecule has 2 aliphatic carbocycles. The number of allylic oxidation sites excluding steroid dienone is 2. The van der Waals surface area contributed by atoms with E-state index >= 15 is 0 Å². The molecule has 0 bridgehead atoms. The number of hydrogen-bond donors (Lipinski definition) is 1. The second-order valence-electron chi connectivity index (χ2n) is 9.56. The molecule has 1 N–H and O–H groups in total. The van der Waals surface area contributed by atoms with E-state index in [0.717, 1.165) is 34.0 Å². The minimum absolute atomic E-state index is 0.0142. The van der Waals surface area contributed by atoms with Crippen LogP contribution in [0.2, 0.25) is 0 Å². The minimum atomic E-state index is -1.02. The Hall–Kier alpha value is -2.70. The zero-order valence-corrected chi connectivity index (χ0v) is 21.8. The Kier molecular flexibility index (Phi) is 6.45. The predicted molar refractivity (Wildman–Crippen MR) is 138 cm³/mol. The standard InChI is InChI=1S/C29H30BrNO4/c1-4-18-14-22-24(32)11-12-29(34-3)27(22)26(21(18)5-2)23-15-19(9-10-25(23)35-29)28(33)31-16-17-7-6-8-20(30)13-17/h6-15,18,21,26-27H,4-5,16H2,1-3H3,(H,31,33). The number of carbonyl (C=O) groups is 2. The first-order valence-corrected chi connectivity index (χ1v) is 13.1. The summed E-state index contributed by atoms with van der Waals surface area (Å²) in [5.74, 6) is -0.0610. The lowest BCUT2D eigenvalue weighted by Crippen LogP contribution is -2.56. The highest BCUT2D eigenvalue weighted by molar-refractivity contribution is 9.10. The number of methoxy groups -OCH3 is 1. The van der Waals surface area contributed by atoms with Crippen LogP contribution in [-0.4, -0.2) is 24.6 Å².